The maximum absolute atomic E-state index is 11.8. The smallest absolute Gasteiger partial charge is 0.303 e. The maximum atomic E-state index is 11.8. The lowest BCUT2D eigenvalue weighted by molar-refractivity contribution is -0.172. The third kappa shape index (κ3) is 3.70. The van der Waals surface area contributed by atoms with E-state index in [-0.39, 0.29) is 11.6 Å². The van der Waals surface area contributed by atoms with Crippen molar-refractivity contribution in [3.05, 3.63) is 35.9 Å². The van der Waals surface area contributed by atoms with Gasteiger partial charge in [-0.1, -0.05) is 43.7 Å². The number of ether oxygens (including phenoxy) is 1. The first kappa shape index (κ1) is 17.0. The van der Waals surface area contributed by atoms with Gasteiger partial charge in [0.15, 0.2) is 0 Å². The quantitative estimate of drug-likeness (QED) is 0.774. The zero-order chi connectivity index (χ0) is 16.2. The van der Waals surface area contributed by atoms with E-state index in [0.29, 0.717) is 11.8 Å². The normalized spacial score (nSPS) is 26.7. The van der Waals surface area contributed by atoms with Crippen molar-refractivity contribution in [2.45, 2.75) is 51.0 Å². The van der Waals surface area contributed by atoms with Crippen LogP contribution in [0, 0.1) is 5.92 Å². The van der Waals surface area contributed by atoms with Crippen molar-refractivity contribution in [3.63, 3.8) is 0 Å². The van der Waals surface area contributed by atoms with Crippen LogP contribution in [0.1, 0.15) is 51.0 Å². The molecule has 0 aliphatic heterocycles. The third-order valence-corrected chi connectivity index (χ3v) is 4.91. The molecule has 1 aliphatic carbocycles. The summed E-state index contributed by atoms with van der Waals surface area (Å²) in [6.45, 7) is 4.70. The van der Waals surface area contributed by atoms with Crippen LogP contribution in [0.2, 0.25) is 0 Å². The van der Waals surface area contributed by atoms with Crippen molar-refractivity contribution in [1.29, 1.82) is 0 Å². The summed E-state index contributed by atoms with van der Waals surface area (Å²) in [4.78, 5) is 14.0. The highest BCUT2D eigenvalue weighted by Crippen LogP contribution is 2.48. The van der Waals surface area contributed by atoms with E-state index in [2.05, 4.69) is 50.2 Å². The SMILES string of the molecule is CC(=O)OC1(C(C)CN(C)C)CCCCC1c1ccccc1. The molecule has 22 heavy (non-hydrogen) atoms. The van der Waals surface area contributed by atoms with Gasteiger partial charge >= 0.3 is 5.97 Å². The standard InChI is InChI=1S/C19H29NO2/c1-15(14-20(3)4)19(22-16(2)21)13-9-8-12-18(19)17-10-6-5-7-11-17/h5-7,10-11,15,18H,8-9,12-14H2,1-4H3. The van der Waals surface area contributed by atoms with Crippen LogP contribution in [-0.2, 0) is 9.53 Å². The fraction of sp³-hybridized carbons (Fsp3) is 0.632. The van der Waals surface area contributed by atoms with E-state index in [4.69, 9.17) is 4.74 Å². The minimum absolute atomic E-state index is 0.159. The molecule has 3 heteroatoms. The zero-order valence-corrected chi connectivity index (χ0v) is 14.3. The van der Waals surface area contributed by atoms with Gasteiger partial charge in [-0.25, -0.2) is 0 Å². The molecule has 1 fully saturated rings. The van der Waals surface area contributed by atoms with Gasteiger partial charge in [0.2, 0.25) is 0 Å². The van der Waals surface area contributed by atoms with E-state index >= 15 is 0 Å². The Bertz CT molecular complexity index is 485. The molecule has 0 amide bonds. The molecule has 2 rings (SSSR count). The van der Waals surface area contributed by atoms with Crippen LogP contribution in [0.25, 0.3) is 0 Å². The van der Waals surface area contributed by atoms with E-state index in [0.717, 1.165) is 25.8 Å². The Labute approximate surface area is 134 Å². The number of esters is 1. The van der Waals surface area contributed by atoms with Gasteiger partial charge in [-0.15, -0.1) is 0 Å². The van der Waals surface area contributed by atoms with E-state index in [1.807, 2.05) is 6.07 Å². The Hall–Kier alpha value is -1.35. The van der Waals surface area contributed by atoms with Gasteiger partial charge in [-0.2, -0.15) is 0 Å². The molecule has 0 bridgehead atoms. The van der Waals surface area contributed by atoms with Crippen molar-refractivity contribution in [3.8, 4) is 0 Å². The molecular weight excluding hydrogens is 274 g/mol. The lowest BCUT2D eigenvalue weighted by Gasteiger charge is -2.48. The Balaban J connectivity index is 2.39. The summed E-state index contributed by atoms with van der Waals surface area (Å²) in [5.41, 5.74) is 0.921. The Morgan fingerprint density at radius 2 is 2.00 bits per heavy atom. The van der Waals surface area contributed by atoms with Crippen LogP contribution in [-0.4, -0.2) is 37.1 Å². The molecule has 1 aromatic rings. The van der Waals surface area contributed by atoms with Gasteiger partial charge in [0.25, 0.3) is 0 Å². The molecule has 0 spiro atoms. The highest BCUT2D eigenvalue weighted by Gasteiger charge is 2.48. The summed E-state index contributed by atoms with van der Waals surface area (Å²) in [6, 6.07) is 10.6. The Morgan fingerprint density at radius 1 is 1.32 bits per heavy atom. The van der Waals surface area contributed by atoms with Gasteiger partial charge < -0.3 is 9.64 Å². The summed E-state index contributed by atoms with van der Waals surface area (Å²) in [5, 5.41) is 0. The minimum Gasteiger partial charge on any atom is -0.458 e. The molecular formula is C19H29NO2. The molecule has 1 aromatic carbocycles. The van der Waals surface area contributed by atoms with E-state index in [1.54, 1.807) is 6.92 Å². The fourth-order valence-corrected chi connectivity index (χ4v) is 4.08. The fourth-order valence-electron chi connectivity index (χ4n) is 4.08. The molecule has 3 atom stereocenters. The number of hydrogen-bond donors (Lipinski definition) is 0. The van der Waals surface area contributed by atoms with Gasteiger partial charge in [-0.05, 0) is 38.9 Å². The van der Waals surface area contributed by atoms with E-state index in [1.165, 1.54) is 12.0 Å². The summed E-state index contributed by atoms with van der Waals surface area (Å²) in [6.07, 6.45) is 4.39. The summed E-state index contributed by atoms with van der Waals surface area (Å²) in [7, 11) is 4.16. The van der Waals surface area contributed by atoms with Crippen LogP contribution < -0.4 is 0 Å². The molecule has 0 heterocycles. The van der Waals surface area contributed by atoms with Gasteiger partial charge in [0.1, 0.15) is 5.60 Å². The number of hydrogen-bond acceptors (Lipinski definition) is 3. The van der Waals surface area contributed by atoms with E-state index in [9.17, 15) is 4.79 Å². The first-order chi connectivity index (χ1) is 10.5. The van der Waals surface area contributed by atoms with E-state index < -0.39 is 0 Å². The minimum atomic E-state index is -0.379. The van der Waals surface area contributed by atoms with Crippen molar-refractivity contribution in [2.24, 2.45) is 5.92 Å². The predicted octanol–water partition coefficient (Wildman–Crippen LogP) is 3.84. The second-order valence-corrected chi connectivity index (χ2v) is 6.92. The lowest BCUT2D eigenvalue weighted by atomic mass is 9.66. The number of benzene rings is 1. The van der Waals surface area contributed by atoms with Crippen LogP contribution in [0.4, 0.5) is 0 Å². The van der Waals surface area contributed by atoms with Gasteiger partial charge in [0.05, 0.1) is 0 Å². The molecule has 1 aliphatic rings. The van der Waals surface area contributed by atoms with Crippen molar-refractivity contribution < 1.29 is 9.53 Å². The molecule has 3 nitrogen and oxygen atoms in total. The highest BCUT2D eigenvalue weighted by molar-refractivity contribution is 5.67. The number of carbonyl (C=O) groups is 1. The summed E-state index contributed by atoms with van der Waals surface area (Å²) in [5.74, 6) is 0.437. The molecule has 3 unspecified atom stereocenters. The maximum Gasteiger partial charge on any atom is 0.303 e. The molecule has 0 radical (unpaired) electrons. The number of nitrogens with zero attached hydrogens (tertiary/aromatic N) is 1. The zero-order valence-electron chi connectivity index (χ0n) is 14.3. The average molecular weight is 303 g/mol. The number of carbonyl (C=O) groups excluding carboxylic acids is 1. The third-order valence-electron chi connectivity index (χ3n) is 4.91. The molecule has 0 N–H and O–H groups in total. The second-order valence-electron chi connectivity index (χ2n) is 6.92. The predicted molar refractivity (Wildman–Crippen MR) is 89.9 cm³/mol. The Kier molecular flexibility index (Phi) is 5.63. The van der Waals surface area contributed by atoms with Gasteiger partial charge in [0, 0.05) is 25.3 Å². The molecule has 1 saturated carbocycles. The topological polar surface area (TPSA) is 29.5 Å². The molecule has 122 valence electrons. The van der Waals surface area contributed by atoms with Crippen LogP contribution in [0.15, 0.2) is 30.3 Å². The average Bonchev–Trinajstić information content (AvgIpc) is 2.47. The first-order valence-corrected chi connectivity index (χ1v) is 8.35. The molecule has 0 aromatic heterocycles. The lowest BCUT2D eigenvalue weighted by Crippen LogP contribution is -2.51. The highest BCUT2D eigenvalue weighted by atomic mass is 16.6. The molecule has 0 saturated heterocycles. The van der Waals surface area contributed by atoms with Crippen molar-refractivity contribution >= 4 is 5.97 Å². The largest absolute Gasteiger partial charge is 0.458 e. The number of rotatable bonds is 5. The van der Waals surface area contributed by atoms with Gasteiger partial charge in [-0.3, -0.25) is 4.79 Å². The van der Waals surface area contributed by atoms with Crippen LogP contribution in [0.5, 0.6) is 0 Å². The van der Waals surface area contributed by atoms with Crippen molar-refractivity contribution in [1.82, 2.24) is 4.90 Å². The monoisotopic (exact) mass is 303 g/mol. The summed E-state index contributed by atoms with van der Waals surface area (Å²) < 4.78 is 6.04. The van der Waals surface area contributed by atoms with Crippen molar-refractivity contribution in [2.75, 3.05) is 20.6 Å². The second kappa shape index (κ2) is 7.28. The van der Waals surface area contributed by atoms with Crippen LogP contribution >= 0.6 is 0 Å². The summed E-state index contributed by atoms with van der Waals surface area (Å²) >= 11 is 0. The first-order valence-electron chi connectivity index (χ1n) is 8.35. The Morgan fingerprint density at radius 3 is 2.59 bits per heavy atom. The van der Waals surface area contributed by atoms with Crippen LogP contribution in [0.3, 0.4) is 0 Å².